The molecule has 2 aromatic carbocycles. The van der Waals surface area contributed by atoms with Gasteiger partial charge in [-0.15, -0.1) is 0 Å². The van der Waals surface area contributed by atoms with E-state index in [0.29, 0.717) is 25.4 Å². The lowest BCUT2D eigenvalue weighted by Crippen LogP contribution is -2.38. The summed E-state index contributed by atoms with van der Waals surface area (Å²) in [7, 11) is 0. The minimum absolute atomic E-state index is 0.0198. The first kappa shape index (κ1) is 17.5. The normalized spacial score (nSPS) is 10.0. The Balaban J connectivity index is 1.72. The van der Waals surface area contributed by atoms with Crippen LogP contribution in [0.4, 0.5) is 0 Å². The molecule has 0 saturated carbocycles. The molecule has 0 saturated heterocycles. The van der Waals surface area contributed by atoms with Crippen LogP contribution in [0.1, 0.15) is 12.5 Å². The average Bonchev–Trinajstić information content (AvgIpc) is 2.61. The molecule has 0 radical (unpaired) electrons. The van der Waals surface area contributed by atoms with E-state index in [-0.39, 0.29) is 18.4 Å². The van der Waals surface area contributed by atoms with Gasteiger partial charge in [0.1, 0.15) is 5.75 Å². The standard InChI is InChI=1S/C19H22N2O3/c1-16(22)21(14-17-8-4-2-5-9-17)13-12-20-19(23)15-24-18-10-6-3-7-11-18/h2-11H,12-15H2,1H3,(H,20,23). The van der Waals surface area contributed by atoms with Crippen LogP contribution in [0.5, 0.6) is 5.75 Å². The van der Waals surface area contributed by atoms with Crippen LogP contribution in [0, 0.1) is 0 Å². The van der Waals surface area contributed by atoms with Crippen molar-refractivity contribution in [2.24, 2.45) is 0 Å². The highest BCUT2D eigenvalue weighted by Crippen LogP contribution is 2.07. The van der Waals surface area contributed by atoms with Crippen molar-refractivity contribution in [1.82, 2.24) is 10.2 Å². The molecular formula is C19H22N2O3. The number of rotatable bonds is 8. The number of benzene rings is 2. The van der Waals surface area contributed by atoms with Crippen LogP contribution < -0.4 is 10.1 Å². The summed E-state index contributed by atoms with van der Waals surface area (Å²) in [5.74, 6) is 0.429. The second-order valence-corrected chi connectivity index (χ2v) is 5.38. The fraction of sp³-hybridized carbons (Fsp3) is 0.263. The van der Waals surface area contributed by atoms with Crippen molar-refractivity contribution in [1.29, 1.82) is 0 Å². The summed E-state index contributed by atoms with van der Waals surface area (Å²) in [5.41, 5.74) is 1.06. The molecule has 0 atom stereocenters. The van der Waals surface area contributed by atoms with Crippen molar-refractivity contribution in [2.45, 2.75) is 13.5 Å². The van der Waals surface area contributed by atoms with E-state index in [2.05, 4.69) is 5.32 Å². The van der Waals surface area contributed by atoms with Crippen LogP contribution in [0.15, 0.2) is 60.7 Å². The van der Waals surface area contributed by atoms with E-state index >= 15 is 0 Å². The third-order valence-corrected chi connectivity index (χ3v) is 3.48. The number of carbonyl (C=O) groups is 2. The van der Waals surface area contributed by atoms with Gasteiger partial charge in [0.15, 0.2) is 6.61 Å². The molecule has 5 nitrogen and oxygen atoms in total. The molecule has 0 unspecified atom stereocenters. The third-order valence-electron chi connectivity index (χ3n) is 3.48. The Labute approximate surface area is 142 Å². The van der Waals surface area contributed by atoms with Crippen molar-refractivity contribution < 1.29 is 14.3 Å². The van der Waals surface area contributed by atoms with Gasteiger partial charge in [-0.05, 0) is 17.7 Å². The zero-order chi connectivity index (χ0) is 17.2. The lowest BCUT2D eigenvalue weighted by molar-refractivity contribution is -0.130. The summed E-state index contributed by atoms with van der Waals surface area (Å²) in [4.78, 5) is 25.2. The molecule has 5 heteroatoms. The first-order chi connectivity index (χ1) is 11.6. The molecule has 0 fully saturated rings. The molecule has 2 aromatic rings. The van der Waals surface area contributed by atoms with Gasteiger partial charge in [-0.25, -0.2) is 0 Å². The highest BCUT2D eigenvalue weighted by atomic mass is 16.5. The second kappa shape index (κ2) is 9.35. The molecule has 2 amide bonds. The van der Waals surface area contributed by atoms with E-state index in [1.54, 1.807) is 17.0 Å². The molecule has 0 aromatic heterocycles. The minimum atomic E-state index is -0.206. The van der Waals surface area contributed by atoms with Gasteiger partial charge in [-0.1, -0.05) is 48.5 Å². The predicted octanol–water partition coefficient (Wildman–Crippen LogP) is 2.23. The molecule has 0 aliphatic heterocycles. The Morgan fingerprint density at radius 1 is 1.00 bits per heavy atom. The number of hydrogen-bond acceptors (Lipinski definition) is 3. The fourth-order valence-electron chi connectivity index (χ4n) is 2.20. The summed E-state index contributed by atoms with van der Waals surface area (Å²) >= 11 is 0. The van der Waals surface area contributed by atoms with Crippen LogP contribution in [0.2, 0.25) is 0 Å². The lowest BCUT2D eigenvalue weighted by Gasteiger charge is -2.21. The molecule has 24 heavy (non-hydrogen) atoms. The van der Waals surface area contributed by atoms with Crippen LogP contribution in [-0.4, -0.2) is 36.4 Å². The van der Waals surface area contributed by atoms with E-state index in [4.69, 9.17) is 4.74 Å². The largest absolute Gasteiger partial charge is 0.484 e. The molecule has 0 heterocycles. The van der Waals surface area contributed by atoms with Crippen molar-refractivity contribution in [3.63, 3.8) is 0 Å². The highest BCUT2D eigenvalue weighted by molar-refractivity contribution is 5.77. The van der Waals surface area contributed by atoms with E-state index in [9.17, 15) is 9.59 Å². The van der Waals surface area contributed by atoms with Gasteiger partial charge in [-0.3, -0.25) is 9.59 Å². The number of nitrogens with zero attached hydrogens (tertiary/aromatic N) is 1. The minimum Gasteiger partial charge on any atom is -0.484 e. The van der Waals surface area contributed by atoms with E-state index in [1.807, 2.05) is 48.5 Å². The highest BCUT2D eigenvalue weighted by Gasteiger charge is 2.10. The number of carbonyl (C=O) groups excluding carboxylic acids is 2. The van der Waals surface area contributed by atoms with Crippen molar-refractivity contribution >= 4 is 11.8 Å². The van der Waals surface area contributed by atoms with Crippen LogP contribution in [0.25, 0.3) is 0 Å². The molecule has 0 aliphatic rings. The van der Waals surface area contributed by atoms with Gasteiger partial charge in [0.05, 0.1) is 0 Å². The Hall–Kier alpha value is -2.82. The van der Waals surface area contributed by atoms with Crippen LogP contribution in [-0.2, 0) is 16.1 Å². The number of nitrogens with one attached hydrogen (secondary N) is 1. The summed E-state index contributed by atoms with van der Waals surface area (Å²) in [5, 5.41) is 2.77. The average molecular weight is 326 g/mol. The number of hydrogen-bond donors (Lipinski definition) is 1. The van der Waals surface area contributed by atoms with Gasteiger partial charge in [0.25, 0.3) is 5.91 Å². The van der Waals surface area contributed by atoms with Crippen LogP contribution in [0.3, 0.4) is 0 Å². The molecular weight excluding hydrogens is 304 g/mol. The maximum Gasteiger partial charge on any atom is 0.258 e. The number of ether oxygens (including phenoxy) is 1. The molecule has 0 aliphatic carbocycles. The third kappa shape index (κ3) is 6.12. The van der Waals surface area contributed by atoms with Crippen LogP contribution >= 0.6 is 0 Å². The quantitative estimate of drug-likeness (QED) is 0.809. The SMILES string of the molecule is CC(=O)N(CCNC(=O)COc1ccccc1)Cc1ccccc1. The molecule has 126 valence electrons. The second-order valence-electron chi connectivity index (χ2n) is 5.38. The van der Waals surface area contributed by atoms with Gasteiger partial charge in [0.2, 0.25) is 5.91 Å². The summed E-state index contributed by atoms with van der Waals surface area (Å²) in [6.07, 6.45) is 0. The van der Waals surface area contributed by atoms with E-state index in [0.717, 1.165) is 5.56 Å². The molecule has 1 N–H and O–H groups in total. The summed E-state index contributed by atoms with van der Waals surface area (Å²) < 4.78 is 5.38. The van der Waals surface area contributed by atoms with Gasteiger partial charge < -0.3 is 15.0 Å². The predicted molar refractivity (Wildman–Crippen MR) is 92.5 cm³/mol. The maximum atomic E-state index is 11.8. The van der Waals surface area contributed by atoms with Crippen molar-refractivity contribution in [2.75, 3.05) is 19.7 Å². The van der Waals surface area contributed by atoms with Crippen molar-refractivity contribution in [3.05, 3.63) is 66.2 Å². The monoisotopic (exact) mass is 326 g/mol. The number of para-hydroxylation sites is 1. The van der Waals surface area contributed by atoms with Gasteiger partial charge in [0, 0.05) is 26.6 Å². The Kier molecular flexibility index (Phi) is 6.83. The lowest BCUT2D eigenvalue weighted by atomic mass is 10.2. The summed E-state index contributed by atoms with van der Waals surface area (Å²) in [6.45, 7) is 2.88. The Bertz CT molecular complexity index is 644. The zero-order valence-corrected chi connectivity index (χ0v) is 13.8. The maximum absolute atomic E-state index is 11.8. The van der Waals surface area contributed by atoms with Gasteiger partial charge in [-0.2, -0.15) is 0 Å². The number of amides is 2. The Morgan fingerprint density at radius 3 is 2.25 bits per heavy atom. The topological polar surface area (TPSA) is 58.6 Å². The first-order valence-corrected chi connectivity index (χ1v) is 7.89. The van der Waals surface area contributed by atoms with E-state index in [1.165, 1.54) is 6.92 Å². The molecule has 2 rings (SSSR count). The Morgan fingerprint density at radius 2 is 1.62 bits per heavy atom. The van der Waals surface area contributed by atoms with Crippen molar-refractivity contribution in [3.8, 4) is 5.75 Å². The zero-order valence-electron chi connectivity index (χ0n) is 13.8. The first-order valence-electron chi connectivity index (χ1n) is 7.89. The molecule has 0 spiro atoms. The van der Waals surface area contributed by atoms with Gasteiger partial charge >= 0.3 is 0 Å². The smallest absolute Gasteiger partial charge is 0.258 e. The fourth-order valence-corrected chi connectivity index (χ4v) is 2.20. The van der Waals surface area contributed by atoms with E-state index < -0.39 is 0 Å². The summed E-state index contributed by atoms with van der Waals surface area (Å²) in [6, 6.07) is 18.9. The molecule has 0 bridgehead atoms.